The van der Waals surface area contributed by atoms with E-state index < -0.39 is 12.5 Å². The molecule has 3 nitrogen and oxygen atoms in total. The van der Waals surface area contributed by atoms with Gasteiger partial charge in [-0.3, -0.25) is 4.79 Å². The summed E-state index contributed by atoms with van der Waals surface area (Å²) < 4.78 is 14.0. The van der Waals surface area contributed by atoms with E-state index in [1.54, 1.807) is 0 Å². The topological polar surface area (TPSA) is 69.1 Å². The van der Waals surface area contributed by atoms with Crippen molar-refractivity contribution < 1.29 is 7.54 Å². The summed E-state index contributed by atoms with van der Waals surface area (Å²) in [6.07, 6.45) is 1.30. The molecule has 0 rings (SSSR count). The summed E-state index contributed by atoms with van der Waals surface area (Å²) in [6.45, 7) is -0.210. The van der Waals surface area contributed by atoms with Gasteiger partial charge in [0.1, 0.15) is 5.78 Å². The highest BCUT2D eigenvalue weighted by Crippen LogP contribution is 1.97. The Morgan fingerprint density at radius 3 is 2.70 bits per heavy atom. The van der Waals surface area contributed by atoms with Gasteiger partial charge in [0.25, 0.3) is 0 Å². The predicted octanol–water partition coefficient (Wildman–Crippen LogP) is 0.0317. The van der Waals surface area contributed by atoms with E-state index in [4.69, 9.17) is 14.2 Å². The van der Waals surface area contributed by atoms with E-state index in [2.05, 4.69) is 0 Å². The number of carbonyl (C=O) groups is 1. The van der Waals surface area contributed by atoms with Gasteiger partial charge >= 0.3 is 0 Å². The fraction of sp³-hybridized carbons (Fsp3) is 0.857. The van der Waals surface area contributed by atoms with Crippen LogP contribution in [0.1, 0.15) is 28.9 Å². The zero-order valence-electron chi connectivity index (χ0n) is 8.26. The van der Waals surface area contributed by atoms with Crippen molar-refractivity contribution >= 4 is 5.78 Å². The fourth-order valence-electron chi connectivity index (χ4n) is 0.627. The van der Waals surface area contributed by atoms with Gasteiger partial charge in [0.2, 0.25) is 0 Å². The molecule has 0 heterocycles. The van der Waals surface area contributed by atoms with Crippen molar-refractivity contribution in [3.63, 3.8) is 0 Å². The van der Waals surface area contributed by atoms with Gasteiger partial charge in [-0.05, 0) is 26.3 Å². The minimum atomic E-state index is -1.64. The molecule has 0 aliphatic heterocycles. The van der Waals surface area contributed by atoms with Gasteiger partial charge in [0.05, 0.1) is 6.04 Å². The molecule has 0 spiro atoms. The van der Waals surface area contributed by atoms with Crippen molar-refractivity contribution in [1.29, 1.82) is 0 Å². The van der Waals surface area contributed by atoms with Crippen molar-refractivity contribution in [3.05, 3.63) is 0 Å². The molecule has 0 aromatic carbocycles. The first kappa shape index (κ1) is 6.31. The van der Waals surface area contributed by atoms with Crippen LogP contribution < -0.4 is 11.5 Å². The maximum Gasteiger partial charge on any atom is 0.146 e. The van der Waals surface area contributed by atoms with E-state index in [-0.39, 0.29) is 12.2 Å². The zero-order chi connectivity index (χ0) is 9.78. The quantitative estimate of drug-likeness (QED) is 0.540. The van der Waals surface area contributed by atoms with Crippen LogP contribution in [-0.4, -0.2) is 18.3 Å². The largest absolute Gasteiger partial charge is 0.330 e. The molecule has 0 fully saturated rings. The second-order valence-electron chi connectivity index (χ2n) is 2.31. The minimum Gasteiger partial charge on any atom is -0.330 e. The predicted molar refractivity (Wildman–Crippen MR) is 41.6 cm³/mol. The van der Waals surface area contributed by atoms with Crippen LogP contribution in [0.3, 0.4) is 0 Å². The monoisotopic (exact) mass is 148 g/mol. The van der Waals surface area contributed by atoms with E-state index in [0.717, 1.165) is 0 Å². The fourth-order valence-corrected chi connectivity index (χ4v) is 0.627. The van der Waals surface area contributed by atoms with Gasteiger partial charge in [-0.1, -0.05) is 6.42 Å². The molecule has 10 heavy (non-hydrogen) atoms. The summed E-state index contributed by atoms with van der Waals surface area (Å²) in [6, 6.07) is -0.465. The van der Waals surface area contributed by atoms with Crippen LogP contribution in [0.4, 0.5) is 0 Å². The first-order valence-corrected chi connectivity index (χ1v) is 3.38. The van der Waals surface area contributed by atoms with Gasteiger partial charge in [-0.2, -0.15) is 0 Å². The highest BCUT2D eigenvalue weighted by Gasteiger charge is 2.05. The standard InChI is InChI=1S/C7H16N2O/c1-6(10)7(9)4-2-3-5-8/h7H,2-5,8-9H2,1H3/t7-/m0/s1/i2+1,5+1D2. The minimum absolute atomic E-state index is 0.0624. The van der Waals surface area contributed by atoms with Crippen LogP contribution in [0.2, 0.25) is 0 Å². The molecule has 0 saturated carbocycles. The summed E-state index contributed by atoms with van der Waals surface area (Å²) in [5.41, 5.74) is 10.5. The average molecular weight is 148 g/mol. The molecule has 0 aliphatic rings. The Kier molecular flexibility index (Phi) is 3.40. The Balaban J connectivity index is 3.51. The molecule has 0 aromatic rings. The number of Topliss-reactive ketones (excluding diaryl/α,β-unsaturated/α-hetero) is 1. The third kappa shape index (κ3) is 4.47. The Morgan fingerprint density at radius 1 is 1.70 bits per heavy atom. The summed E-state index contributed by atoms with van der Waals surface area (Å²) in [7, 11) is 0. The number of rotatable bonds is 5. The van der Waals surface area contributed by atoms with E-state index in [0.29, 0.717) is 12.8 Å². The van der Waals surface area contributed by atoms with Crippen LogP contribution in [0.25, 0.3) is 0 Å². The molecule has 0 radical (unpaired) electrons. The van der Waals surface area contributed by atoms with Crippen molar-refractivity contribution in [2.75, 3.05) is 6.50 Å². The van der Waals surface area contributed by atoms with Crippen LogP contribution in [0.5, 0.6) is 0 Å². The van der Waals surface area contributed by atoms with E-state index in [1.165, 1.54) is 6.92 Å². The molecule has 3 heteroatoms. The molecule has 1 atom stereocenters. The second-order valence-corrected chi connectivity index (χ2v) is 2.31. The zero-order valence-corrected chi connectivity index (χ0v) is 6.26. The van der Waals surface area contributed by atoms with Crippen LogP contribution in [-0.2, 0) is 4.79 Å². The van der Waals surface area contributed by atoms with Gasteiger partial charge in [-0.25, -0.2) is 0 Å². The Labute approximate surface area is 64.6 Å². The molecule has 0 aliphatic carbocycles. The highest BCUT2D eigenvalue weighted by molar-refractivity contribution is 5.80. The van der Waals surface area contributed by atoms with Crippen LogP contribution >= 0.6 is 0 Å². The normalized spacial score (nSPS) is 17.5. The SMILES string of the molecule is [2H][13C]([2H])(N)C[13CH2]C[C@H](N)C(C)=O. The third-order valence-electron chi connectivity index (χ3n) is 1.36. The molecule has 0 saturated heterocycles. The van der Waals surface area contributed by atoms with Gasteiger partial charge < -0.3 is 11.5 Å². The number of nitrogens with two attached hydrogens (primary N) is 2. The van der Waals surface area contributed by atoms with Crippen molar-refractivity contribution in [3.8, 4) is 0 Å². The molecule has 4 N–H and O–H groups in total. The van der Waals surface area contributed by atoms with Crippen molar-refractivity contribution in [2.45, 2.75) is 32.2 Å². The number of carbonyl (C=O) groups excluding carboxylic acids is 1. The number of hydrogen-bond donors (Lipinski definition) is 2. The number of ketones is 1. The Morgan fingerprint density at radius 2 is 2.30 bits per heavy atom. The molecular weight excluding hydrogens is 130 g/mol. The lowest BCUT2D eigenvalue weighted by Gasteiger charge is -2.05. The van der Waals surface area contributed by atoms with Crippen LogP contribution in [0, 0.1) is 0 Å². The lowest BCUT2D eigenvalue weighted by molar-refractivity contribution is -0.118. The first-order chi connectivity index (χ1) is 5.33. The Hall–Kier alpha value is -0.410. The maximum atomic E-state index is 10.6. The van der Waals surface area contributed by atoms with Crippen molar-refractivity contribution in [2.24, 2.45) is 11.5 Å². The van der Waals surface area contributed by atoms with Crippen molar-refractivity contribution in [1.82, 2.24) is 0 Å². The van der Waals surface area contributed by atoms with Crippen LogP contribution in [0.15, 0.2) is 0 Å². The molecular formula is C7H16N2O. The first-order valence-electron chi connectivity index (χ1n) is 4.38. The van der Waals surface area contributed by atoms with E-state index in [1.807, 2.05) is 0 Å². The summed E-state index contributed by atoms with van der Waals surface area (Å²) >= 11 is 0. The third-order valence-corrected chi connectivity index (χ3v) is 1.36. The Bertz CT molecular complexity index is 156. The lowest BCUT2D eigenvalue weighted by Crippen LogP contribution is -2.28. The smallest absolute Gasteiger partial charge is 0.146 e. The second kappa shape index (κ2) is 5.38. The van der Waals surface area contributed by atoms with Gasteiger partial charge in [-0.15, -0.1) is 0 Å². The summed E-state index contributed by atoms with van der Waals surface area (Å²) in [5, 5.41) is 0. The maximum absolute atomic E-state index is 10.6. The lowest BCUT2D eigenvalue weighted by atomic mass is 10.2. The molecule has 0 amide bonds. The highest BCUT2D eigenvalue weighted by atomic mass is 16.1. The molecule has 0 aromatic heterocycles. The molecule has 60 valence electrons. The molecule has 0 unspecified atom stereocenters. The van der Waals surface area contributed by atoms with E-state index in [9.17, 15) is 4.79 Å². The summed E-state index contributed by atoms with van der Waals surface area (Å²) in [5.74, 6) is -0.0624. The van der Waals surface area contributed by atoms with Gasteiger partial charge in [0, 0.05) is 2.74 Å². The average Bonchev–Trinajstić information content (AvgIpc) is 1.84. The van der Waals surface area contributed by atoms with Gasteiger partial charge in [0.15, 0.2) is 0 Å². The van der Waals surface area contributed by atoms with E-state index >= 15 is 0 Å². The number of hydrogen-bond acceptors (Lipinski definition) is 3. The summed E-state index contributed by atoms with van der Waals surface area (Å²) in [4.78, 5) is 10.6. The molecule has 0 bridgehead atoms.